The molecule has 0 radical (unpaired) electrons. The van der Waals surface area contributed by atoms with Gasteiger partial charge in [0.25, 0.3) is 5.91 Å². The van der Waals surface area contributed by atoms with Crippen LogP contribution in [0.25, 0.3) is 22.6 Å². The van der Waals surface area contributed by atoms with Crippen molar-refractivity contribution in [2.75, 3.05) is 11.9 Å². The summed E-state index contributed by atoms with van der Waals surface area (Å²) in [5, 5.41) is 2.99. The van der Waals surface area contributed by atoms with Gasteiger partial charge < -0.3 is 14.5 Å². The predicted octanol–water partition coefficient (Wildman–Crippen LogP) is 5.92. The van der Waals surface area contributed by atoms with E-state index in [1.54, 1.807) is 18.2 Å². The zero-order chi connectivity index (χ0) is 21.3. The molecule has 0 aliphatic rings. The molecule has 0 unspecified atom stereocenters. The van der Waals surface area contributed by atoms with E-state index < -0.39 is 5.82 Å². The van der Waals surface area contributed by atoms with Crippen LogP contribution in [-0.4, -0.2) is 17.5 Å². The summed E-state index contributed by atoms with van der Waals surface area (Å²) in [6, 6.07) is 14.9. The number of carbonyl (C=O) groups excluding carboxylic acids is 1. The van der Waals surface area contributed by atoms with Crippen LogP contribution < -0.4 is 10.1 Å². The maximum Gasteiger partial charge on any atom is 0.262 e. The monoisotopic (exact) mass is 424 g/mol. The lowest BCUT2D eigenvalue weighted by Crippen LogP contribution is -2.20. The Labute approximate surface area is 177 Å². The number of benzene rings is 3. The summed E-state index contributed by atoms with van der Waals surface area (Å²) in [4.78, 5) is 16.7. The lowest BCUT2D eigenvalue weighted by atomic mass is 10.1. The molecule has 0 bridgehead atoms. The van der Waals surface area contributed by atoms with Crippen LogP contribution in [0.15, 0.2) is 59.0 Å². The highest BCUT2D eigenvalue weighted by atomic mass is 35.5. The fourth-order valence-corrected chi connectivity index (χ4v) is 3.33. The van der Waals surface area contributed by atoms with Crippen molar-refractivity contribution in [2.24, 2.45) is 0 Å². The average Bonchev–Trinajstić information content (AvgIpc) is 3.10. The number of nitrogens with zero attached hydrogens (tertiary/aromatic N) is 1. The fourth-order valence-electron chi connectivity index (χ4n) is 3.08. The number of ether oxygens (including phenoxy) is 1. The van der Waals surface area contributed by atoms with Gasteiger partial charge >= 0.3 is 0 Å². The Hall–Kier alpha value is -3.38. The van der Waals surface area contributed by atoms with Crippen molar-refractivity contribution in [3.8, 4) is 17.2 Å². The first-order chi connectivity index (χ1) is 14.4. The number of hydrogen-bond acceptors (Lipinski definition) is 4. The van der Waals surface area contributed by atoms with E-state index in [9.17, 15) is 9.18 Å². The second-order valence-electron chi connectivity index (χ2n) is 6.93. The molecule has 4 rings (SSSR count). The lowest BCUT2D eigenvalue weighted by molar-refractivity contribution is -0.118. The van der Waals surface area contributed by atoms with Gasteiger partial charge in [0, 0.05) is 5.69 Å². The van der Waals surface area contributed by atoms with Crippen LogP contribution >= 0.6 is 11.6 Å². The van der Waals surface area contributed by atoms with E-state index in [1.807, 2.05) is 32.0 Å². The van der Waals surface area contributed by atoms with Gasteiger partial charge in [0.05, 0.1) is 10.6 Å². The molecule has 1 heterocycles. The first-order valence-electron chi connectivity index (χ1n) is 9.25. The van der Waals surface area contributed by atoms with Crippen LogP contribution in [0.3, 0.4) is 0 Å². The van der Waals surface area contributed by atoms with Gasteiger partial charge in [0.15, 0.2) is 12.2 Å². The van der Waals surface area contributed by atoms with Crippen LogP contribution in [0.2, 0.25) is 5.02 Å². The maximum absolute atomic E-state index is 13.3. The SMILES string of the molecule is Cc1ccc(OCC(=O)Nc2ccc3oc(-c4ccc(F)cc4Cl)nc3c2)c(C)c1. The normalized spacial score (nSPS) is 10.9. The Morgan fingerprint density at radius 3 is 2.73 bits per heavy atom. The number of nitrogens with one attached hydrogen (secondary N) is 1. The van der Waals surface area contributed by atoms with Gasteiger partial charge in [-0.1, -0.05) is 29.3 Å². The molecule has 0 aliphatic heterocycles. The van der Waals surface area contributed by atoms with Crippen molar-refractivity contribution in [2.45, 2.75) is 13.8 Å². The summed E-state index contributed by atoms with van der Waals surface area (Å²) < 4.78 is 24.6. The first kappa shape index (κ1) is 19.9. The Bertz CT molecular complexity index is 1250. The number of rotatable bonds is 5. The summed E-state index contributed by atoms with van der Waals surface area (Å²) >= 11 is 6.09. The van der Waals surface area contributed by atoms with Crippen LogP contribution in [0, 0.1) is 19.7 Å². The molecule has 0 atom stereocenters. The molecule has 5 nitrogen and oxygen atoms in total. The Kier molecular flexibility index (Phi) is 5.42. The van der Waals surface area contributed by atoms with Crippen LogP contribution in [0.1, 0.15) is 11.1 Å². The molecule has 0 spiro atoms. The van der Waals surface area contributed by atoms with Gasteiger partial charge in [0.1, 0.15) is 17.1 Å². The van der Waals surface area contributed by atoms with E-state index in [4.69, 9.17) is 20.8 Å². The molecule has 1 aromatic heterocycles. The molecule has 1 N–H and O–H groups in total. The van der Waals surface area contributed by atoms with Gasteiger partial charge in [-0.2, -0.15) is 0 Å². The number of fused-ring (bicyclic) bond motifs is 1. The molecule has 30 heavy (non-hydrogen) atoms. The summed E-state index contributed by atoms with van der Waals surface area (Å²) in [5.41, 5.74) is 4.21. The number of halogens is 2. The number of anilines is 1. The number of oxazole rings is 1. The highest BCUT2D eigenvalue weighted by molar-refractivity contribution is 6.33. The lowest BCUT2D eigenvalue weighted by Gasteiger charge is -2.10. The zero-order valence-electron chi connectivity index (χ0n) is 16.3. The topological polar surface area (TPSA) is 64.4 Å². The van der Waals surface area contributed by atoms with Crippen LogP contribution in [0.4, 0.5) is 10.1 Å². The predicted molar refractivity (Wildman–Crippen MR) is 114 cm³/mol. The number of amides is 1. The van der Waals surface area contributed by atoms with E-state index >= 15 is 0 Å². The van der Waals surface area contributed by atoms with Gasteiger partial charge in [-0.25, -0.2) is 9.37 Å². The average molecular weight is 425 g/mol. The number of aryl methyl sites for hydroxylation is 2. The van der Waals surface area contributed by atoms with Gasteiger partial charge in [-0.15, -0.1) is 0 Å². The van der Waals surface area contributed by atoms with Crippen molar-refractivity contribution < 1.29 is 18.3 Å². The minimum atomic E-state index is -0.437. The molecule has 3 aromatic carbocycles. The van der Waals surface area contributed by atoms with Crippen molar-refractivity contribution in [1.29, 1.82) is 0 Å². The smallest absolute Gasteiger partial charge is 0.262 e. The standard InChI is InChI=1S/C23H18ClFN2O3/c1-13-3-7-20(14(2)9-13)29-12-22(28)26-16-5-8-21-19(11-16)27-23(30-21)17-6-4-15(25)10-18(17)24/h3-11H,12H2,1-2H3,(H,26,28). The fraction of sp³-hybridized carbons (Fsp3) is 0.130. The Balaban J connectivity index is 1.47. The summed E-state index contributed by atoms with van der Waals surface area (Å²) in [7, 11) is 0. The molecule has 0 aliphatic carbocycles. The second-order valence-corrected chi connectivity index (χ2v) is 7.34. The first-order valence-corrected chi connectivity index (χ1v) is 9.63. The third-order valence-corrected chi connectivity index (χ3v) is 4.83. The molecular weight excluding hydrogens is 407 g/mol. The van der Waals surface area contributed by atoms with Crippen molar-refractivity contribution in [3.63, 3.8) is 0 Å². The molecule has 0 saturated carbocycles. The Morgan fingerprint density at radius 1 is 1.13 bits per heavy atom. The van der Waals surface area contributed by atoms with Crippen molar-refractivity contribution in [1.82, 2.24) is 4.98 Å². The molecule has 7 heteroatoms. The van der Waals surface area contributed by atoms with Crippen LogP contribution in [-0.2, 0) is 4.79 Å². The molecule has 4 aromatic rings. The van der Waals surface area contributed by atoms with Gasteiger partial charge in [-0.05, 0) is 61.9 Å². The highest BCUT2D eigenvalue weighted by Crippen LogP contribution is 2.31. The molecule has 0 fully saturated rings. The summed E-state index contributed by atoms with van der Waals surface area (Å²) in [6.45, 7) is 3.82. The van der Waals surface area contributed by atoms with E-state index in [0.29, 0.717) is 28.1 Å². The van der Waals surface area contributed by atoms with E-state index in [-0.39, 0.29) is 23.4 Å². The van der Waals surface area contributed by atoms with Crippen molar-refractivity contribution in [3.05, 3.63) is 76.6 Å². The minimum absolute atomic E-state index is 0.114. The summed E-state index contributed by atoms with van der Waals surface area (Å²) in [6.07, 6.45) is 0. The quantitative estimate of drug-likeness (QED) is 0.431. The minimum Gasteiger partial charge on any atom is -0.483 e. The molecule has 1 amide bonds. The second kappa shape index (κ2) is 8.16. The van der Waals surface area contributed by atoms with Crippen molar-refractivity contribution >= 4 is 34.3 Å². The van der Waals surface area contributed by atoms with Gasteiger partial charge in [0.2, 0.25) is 5.89 Å². The third kappa shape index (κ3) is 4.28. The highest BCUT2D eigenvalue weighted by Gasteiger charge is 2.13. The third-order valence-electron chi connectivity index (χ3n) is 4.52. The number of aromatic nitrogens is 1. The van der Waals surface area contributed by atoms with E-state index in [1.165, 1.54) is 18.2 Å². The van der Waals surface area contributed by atoms with Crippen LogP contribution in [0.5, 0.6) is 5.75 Å². The number of carbonyl (C=O) groups is 1. The molecular formula is C23H18ClFN2O3. The molecule has 152 valence electrons. The van der Waals surface area contributed by atoms with Gasteiger partial charge in [-0.3, -0.25) is 4.79 Å². The Morgan fingerprint density at radius 2 is 1.97 bits per heavy atom. The largest absolute Gasteiger partial charge is 0.483 e. The zero-order valence-corrected chi connectivity index (χ0v) is 17.1. The maximum atomic E-state index is 13.3. The van der Waals surface area contributed by atoms with E-state index in [0.717, 1.165) is 11.1 Å². The summed E-state index contributed by atoms with van der Waals surface area (Å²) in [5.74, 6) is 0.215. The van der Waals surface area contributed by atoms with E-state index in [2.05, 4.69) is 10.3 Å². The molecule has 0 saturated heterocycles. The number of hydrogen-bond donors (Lipinski definition) is 1.